The topological polar surface area (TPSA) is 125 Å². The molecule has 28 heavy (non-hydrogen) atoms. The molecule has 0 aliphatic heterocycles. The molecule has 1 unspecified atom stereocenters. The molecule has 2 aromatic carbocycles. The fourth-order valence-electron chi connectivity index (χ4n) is 2.87. The van der Waals surface area contributed by atoms with E-state index < -0.39 is 0 Å². The molecule has 146 valence electrons. The summed E-state index contributed by atoms with van der Waals surface area (Å²) in [6.07, 6.45) is 0. The first-order chi connectivity index (χ1) is 13.4. The molecule has 0 saturated carbocycles. The molecule has 7 nitrogen and oxygen atoms in total. The van der Waals surface area contributed by atoms with E-state index in [0.29, 0.717) is 17.1 Å². The Morgan fingerprint density at radius 2 is 1.64 bits per heavy atom. The molecule has 0 aliphatic carbocycles. The Hall–Kier alpha value is -3.32. The number of hydrogen-bond acceptors (Lipinski definition) is 7. The fraction of sp³-hybridized carbons (Fsp3) is 0.238. The van der Waals surface area contributed by atoms with Crippen molar-refractivity contribution in [3.8, 4) is 33.9 Å². The minimum absolute atomic E-state index is 0.0432. The lowest BCUT2D eigenvalue weighted by atomic mass is 10.0. The molecule has 0 aliphatic rings. The highest BCUT2D eigenvalue weighted by molar-refractivity contribution is 5.77. The highest BCUT2D eigenvalue weighted by atomic mass is 16.3. The van der Waals surface area contributed by atoms with Crippen molar-refractivity contribution in [3.05, 3.63) is 48.5 Å². The van der Waals surface area contributed by atoms with Crippen LogP contribution >= 0.6 is 0 Å². The van der Waals surface area contributed by atoms with Gasteiger partial charge in [-0.25, -0.2) is 4.98 Å². The zero-order valence-corrected chi connectivity index (χ0v) is 15.8. The predicted octanol–water partition coefficient (Wildman–Crippen LogP) is 3.23. The van der Waals surface area contributed by atoms with Crippen molar-refractivity contribution in [2.75, 3.05) is 17.7 Å². The molecule has 0 fully saturated rings. The van der Waals surface area contributed by atoms with E-state index in [2.05, 4.69) is 15.3 Å². The monoisotopic (exact) mass is 380 g/mol. The van der Waals surface area contributed by atoms with Crippen LogP contribution in [-0.2, 0) is 0 Å². The van der Waals surface area contributed by atoms with Gasteiger partial charge in [-0.3, -0.25) is 0 Å². The number of aromatic nitrogens is 2. The maximum absolute atomic E-state index is 10.4. The molecule has 7 heteroatoms. The van der Waals surface area contributed by atoms with E-state index in [4.69, 9.17) is 5.73 Å². The zero-order chi connectivity index (χ0) is 20.3. The van der Waals surface area contributed by atoms with Gasteiger partial charge in [0.2, 0.25) is 5.95 Å². The van der Waals surface area contributed by atoms with Gasteiger partial charge in [-0.1, -0.05) is 32.0 Å². The van der Waals surface area contributed by atoms with Crippen LogP contribution in [0.25, 0.3) is 22.4 Å². The van der Waals surface area contributed by atoms with Gasteiger partial charge in [0.15, 0.2) is 0 Å². The van der Waals surface area contributed by atoms with Gasteiger partial charge in [-0.05, 0) is 41.3 Å². The molecule has 1 aromatic heterocycles. The Bertz CT molecular complexity index is 958. The molecule has 0 saturated heterocycles. The minimum atomic E-state index is -0.181. The normalized spacial score (nSPS) is 12.1. The average molecular weight is 380 g/mol. The average Bonchev–Trinajstić information content (AvgIpc) is 2.66. The second kappa shape index (κ2) is 8.14. The van der Waals surface area contributed by atoms with Gasteiger partial charge in [0.05, 0.1) is 18.3 Å². The van der Waals surface area contributed by atoms with Crippen LogP contribution in [0.1, 0.15) is 13.8 Å². The molecule has 0 radical (unpaired) electrons. The standard InChI is InChI=1S/C21H24N4O3/c1-12(2)18(11-26)23-20-10-17(24-21(22)25-20)16-9-14(5-8-19(16)28)13-3-6-15(27)7-4-13/h3-10,12,18,26-28H,11H2,1-2H3,(H3,22,23,24,25). The lowest BCUT2D eigenvalue weighted by Gasteiger charge is -2.21. The number of aromatic hydroxyl groups is 2. The lowest BCUT2D eigenvalue weighted by molar-refractivity contribution is 0.249. The summed E-state index contributed by atoms with van der Waals surface area (Å²) in [6.45, 7) is 3.94. The van der Waals surface area contributed by atoms with Crippen LogP contribution in [0.5, 0.6) is 11.5 Å². The fourth-order valence-corrected chi connectivity index (χ4v) is 2.87. The maximum Gasteiger partial charge on any atom is 0.222 e. The van der Waals surface area contributed by atoms with Crippen LogP contribution in [0.4, 0.5) is 11.8 Å². The van der Waals surface area contributed by atoms with E-state index in [9.17, 15) is 15.3 Å². The first-order valence-corrected chi connectivity index (χ1v) is 9.02. The number of nitrogens with two attached hydrogens (primary N) is 1. The molecule has 1 atom stereocenters. The van der Waals surface area contributed by atoms with Crippen LogP contribution in [0, 0.1) is 5.92 Å². The Morgan fingerprint density at radius 1 is 0.964 bits per heavy atom. The van der Waals surface area contributed by atoms with Gasteiger partial charge in [0.25, 0.3) is 0 Å². The first-order valence-electron chi connectivity index (χ1n) is 9.02. The number of aliphatic hydroxyl groups excluding tert-OH is 1. The van der Waals surface area contributed by atoms with Gasteiger partial charge in [-0.15, -0.1) is 0 Å². The molecule has 3 rings (SSSR count). The number of hydrogen-bond donors (Lipinski definition) is 5. The molecule has 0 amide bonds. The third-order valence-electron chi connectivity index (χ3n) is 4.55. The molecule has 3 aromatic rings. The van der Waals surface area contributed by atoms with E-state index in [0.717, 1.165) is 11.1 Å². The van der Waals surface area contributed by atoms with E-state index in [-0.39, 0.29) is 36.0 Å². The summed E-state index contributed by atoms with van der Waals surface area (Å²) in [5.41, 5.74) is 8.59. The van der Waals surface area contributed by atoms with E-state index >= 15 is 0 Å². The quantitative estimate of drug-likeness (QED) is 0.444. The van der Waals surface area contributed by atoms with Gasteiger partial charge in [0, 0.05) is 11.6 Å². The summed E-state index contributed by atoms with van der Waals surface area (Å²) < 4.78 is 0. The third kappa shape index (κ3) is 4.32. The van der Waals surface area contributed by atoms with Gasteiger partial charge in [-0.2, -0.15) is 4.98 Å². The number of rotatable bonds is 6. The Labute approximate surface area is 163 Å². The number of anilines is 2. The second-order valence-corrected chi connectivity index (χ2v) is 6.95. The number of phenolic OH excluding ortho intramolecular Hbond substituents is 2. The Morgan fingerprint density at radius 3 is 2.29 bits per heavy atom. The summed E-state index contributed by atoms with van der Waals surface area (Å²) in [7, 11) is 0. The first kappa shape index (κ1) is 19.4. The van der Waals surface area contributed by atoms with Crippen molar-refractivity contribution in [1.82, 2.24) is 9.97 Å². The number of aliphatic hydroxyl groups is 1. The maximum atomic E-state index is 10.4. The molecule has 1 heterocycles. The van der Waals surface area contributed by atoms with Crippen molar-refractivity contribution < 1.29 is 15.3 Å². The highest BCUT2D eigenvalue weighted by Crippen LogP contribution is 2.34. The molecular weight excluding hydrogens is 356 g/mol. The van der Waals surface area contributed by atoms with Crippen molar-refractivity contribution in [3.63, 3.8) is 0 Å². The van der Waals surface area contributed by atoms with Crippen LogP contribution < -0.4 is 11.1 Å². The Balaban J connectivity index is 2.01. The van der Waals surface area contributed by atoms with Crippen LogP contribution in [-0.4, -0.2) is 37.9 Å². The van der Waals surface area contributed by atoms with Crippen LogP contribution in [0.2, 0.25) is 0 Å². The van der Waals surface area contributed by atoms with Gasteiger partial charge < -0.3 is 26.4 Å². The van der Waals surface area contributed by atoms with Crippen molar-refractivity contribution in [1.29, 1.82) is 0 Å². The SMILES string of the molecule is CC(C)C(CO)Nc1cc(-c2cc(-c3ccc(O)cc3)ccc2O)nc(N)n1. The van der Waals surface area contributed by atoms with Crippen molar-refractivity contribution >= 4 is 11.8 Å². The predicted molar refractivity (Wildman–Crippen MR) is 110 cm³/mol. The summed E-state index contributed by atoms with van der Waals surface area (Å²) in [5, 5.41) is 32.6. The van der Waals surface area contributed by atoms with Crippen LogP contribution in [0.3, 0.4) is 0 Å². The number of nitrogens with zero attached hydrogens (tertiary/aromatic N) is 2. The van der Waals surface area contributed by atoms with Crippen molar-refractivity contribution in [2.45, 2.75) is 19.9 Å². The molecular formula is C21H24N4O3. The van der Waals surface area contributed by atoms with Crippen LogP contribution in [0.15, 0.2) is 48.5 Å². The van der Waals surface area contributed by atoms with E-state index in [1.54, 1.807) is 48.5 Å². The summed E-state index contributed by atoms with van der Waals surface area (Å²) in [6, 6.07) is 13.5. The molecule has 0 spiro atoms. The number of nitrogen functional groups attached to an aromatic ring is 1. The number of benzene rings is 2. The largest absolute Gasteiger partial charge is 0.508 e. The molecule has 6 N–H and O–H groups in total. The molecule has 0 bridgehead atoms. The summed E-state index contributed by atoms with van der Waals surface area (Å²) in [4.78, 5) is 8.44. The number of phenols is 2. The summed E-state index contributed by atoms with van der Waals surface area (Å²) in [5.74, 6) is 0.982. The summed E-state index contributed by atoms with van der Waals surface area (Å²) >= 11 is 0. The van der Waals surface area contributed by atoms with Crippen molar-refractivity contribution in [2.24, 2.45) is 5.92 Å². The Kier molecular flexibility index (Phi) is 5.65. The van der Waals surface area contributed by atoms with Gasteiger partial charge >= 0.3 is 0 Å². The minimum Gasteiger partial charge on any atom is -0.508 e. The smallest absolute Gasteiger partial charge is 0.222 e. The zero-order valence-electron chi connectivity index (χ0n) is 15.8. The third-order valence-corrected chi connectivity index (χ3v) is 4.55. The highest BCUT2D eigenvalue weighted by Gasteiger charge is 2.15. The lowest BCUT2D eigenvalue weighted by Crippen LogP contribution is -2.30. The second-order valence-electron chi connectivity index (χ2n) is 6.95. The van der Waals surface area contributed by atoms with Gasteiger partial charge in [0.1, 0.15) is 17.3 Å². The van der Waals surface area contributed by atoms with E-state index in [1.165, 1.54) is 0 Å². The van der Waals surface area contributed by atoms with E-state index in [1.807, 2.05) is 13.8 Å². The number of nitrogens with one attached hydrogen (secondary N) is 1.